The largest absolute Gasteiger partial charge is 0.444 e. The quantitative estimate of drug-likeness (QED) is 0.879. The second-order valence-corrected chi connectivity index (χ2v) is 6.51. The highest BCUT2D eigenvalue weighted by molar-refractivity contribution is 7.19. The molecule has 0 aliphatic rings. The molecule has 1 aromatic heterocycles. The van der Waals surface area contributed by atoms with Crippen molar-refractivity contribution in [2.45, 2.75) is 26.4 Å². The number of ether oxygens (including phenoxy) is 1. The number of benzene rings is 1. The van der Waals surface area contributed by atoms with E-state index in [0.717, 1.165) is 10.4 Å². The molecule has 21 heavy (non-hydrogen) atoms. The lowest BCUT2D eigenvalue weighted by Gasteiger charge is -2.19. The number of nitrogens with one attached hydrogen (secondary N) is 1. The zero-order chi connectivity index (χ0) is 15.5. The maximum atomic E-state index is 11.8. The molecule has 2 aromatic rings. The van der Waals surface area contributed by atoms with E-state index in [1.165, 1.54) is 11.3 Å². The Morgan fingerprint density at radius 1 is 1.29 bits per heavy atom. The van der Waals surface area contributed by atoms with Crippen LogP contribution < -0.4 is 5.32 Å². The van der Waals surface area contributed by atoms with Crippen LogP contribution in [-0.2, 0) is 4.74 Å². The second kappa shape index (κ2) is 5.98. The van der Waals surface area contributed by atoms with Crippen molar-refractivity contribution in [2.24, 2.45) is 0 Å². The molecule has 0 saturated carbocycles. The Hall–Kier alpha value is -2.32. The van der Waals surface area contributed by atoms with Gasteiger partial charge in [-0.3, -0.25) is 5.32 Å². The molecule has 0 aliphatic carbocycles. The SMILES string of the molecule is CC(C)(C)OC(=O)Nc1sc(-c2ccccc2)cc1C#N. The molecule has 5 heteroatoms. The summed E-state index contributed by atoms with van der Waals surface area (Å²) in [6, 6.07) is 13.6. The van der Waals surface area contributed by atoms with E-state index < -0.39 is 11.7 Å². The Labute approximate surface area is 128 Å². The molecule has 0 fully saturated rings. The van der Waals surface area contributed by atoms with Gasteiger partial charge in [-0.25, -0.2) is 4.79 Å². The fourth-order valence-corrected chi connectivity index (χ4v) is 2.71. The first-order valence-electron chi connectivity index (χ1n) is 6.48. The average Bonchev–Trinajstić information content (AvgIpc) is 2.80. The van der Waals surface area contributed by atoms with Gasteiger partial charge in [-0.2, -0.15) is 5.26 Å². The van der Waals surface area contributed by atoms with Crippen molar-refractivity contribution in [3.63, 3.8) is 0 Å². The summed E-state index contributed by atoms with van der Waals surface area (Å²) in [5, 5.41) is 12.3. The molecular weight excluding hydrogens is 284 g/mol. The summed E-state index contributed by atoms with van der Waals surface area (Å²) in [5.74, 6) is 0. The van der Waals surface area contributed by atoms with Crippen molar-refractivity contribution in [2.75, 3.05) is 5.32 Å². The van der Waals surface area contributed by atoms with Crippen molar-refractivity contribution in [3.8, 4) is 16.5 Å². The Morgan fingerprint density at radius 3 is 2.52 bits per heavy atom. The summed E-state index contributed by atoms with van der Waals surface area (Å²) < 4.78 is 5.20. The van der Waals surface area contributed by atoms with Gasteiger partial charge in [0.15, 0.2) is 0 Å². The highest BCUT2D eigenvalue weighted by Crippen LogP contribution is 2.35. The molecule has 1 aromatic carbocycles. The summed E-state index contributed by atoms with van der Waals surface area (Å²) in [5.41, 5.74) is 0.872. The van der Waals surface area contributed by atoms with E-state index in [-0.39, 0.29) is 0 Å². The van der Waals surface area contributed by atoms with Crippen molar-refractivity contribution >= 4 is 22.4 Å². The van der Waals surface area contributed by atoms with Gasteiger partial charge in [0.2, 0.25) is 0 Å². The van der Waals surface area contributed by atoms with E-state index in [9.17, 15) is 10.1 Å². The molecule has 0 saturated heterocycles. The predicted molar refractivity (Wildman–Crippen MR) is 84.3 cm³/mol. The summed E-state index contributed by atoms with van der Waals surface area (Å²) in [6.07, 6.45) is -0.555. The number of hydrogen-bond donors (Lipinski definition) is 1. The van der Waals surface area contributed by atoms with Gasteiger partial charge < -0.3 is 4.74 Å². The Kier molecular flexibility index (Phi) is 4.29. The van der Waals surface area contributed by atoms with Crippen LogP contribution in [0.4, 0.5) is 9.80 Å². The molecule has 0 aliphatic heterocycles. The van der Waals surface area contributed by atoms with Crippen LogP contribution >= 0.6 is 11.3 Å². The standard InChI is InChI=1S/C16H16N2O2S/c1-16(2,3)20-15(19)18-14-12(10-17)9-13(21-14)11-7-5-4-6-8-11/h4-9H,1-3H3,(H,18,19). The monoisotopic (exact) mass is 300 g/mol. The number of amides is 1. The lowest BCUT2D eigenvalue weighted by molar-refractivity contribution is 0.0636. The molecule has 0 spiro atoms. The van der Waals surface area contributed by atoms with Crippen LogP contribution in [0.15, 0.2) is 36.4 Å². The third-order valence-corrected chi connectivity index (χ3v) is 3.62. The third kappa shape index (κ3) is 4.07. The smallest absolute Gasteiger partial charge is 0.412 e. The summed E-state index contributed by atoms with van der Waals surface area (Å²) in [7, 11) is 0. The van der Waals surface area contributed by atoms with E-state index >= 15 is 0 Å². The number of carbonyl (C=O) groups excluding carboxylic acids is 1. The molecule has 108 valence electrons. The van der Waals surface area contributed by atoms with Gasteiger partial charge in [-0.15, -0.1) is 11.3 Å². The summed E-state index contributed by atoms with van der Waals surface area (Å²) in [6.45, 7) is 5.38. The highest BCUT2D eigenvalue weighted by Gasteiger charge is 2.19. The van der Waals surface area contributed by atoms with Crippen molar-refractivity contribution < 1.29 is 9.53 Å². The minimum Gasteiger partial charge on any atom is -0.444 e. The first kappa shape index (κ1) is 15.1. The molecule has 1 N–H and O–H groups in total. The van der Waals surface area contributed by atoms with Crippen LogP contribution in [-0.4, -0.2) is 11.7 Å². The Bertz CT molecular complexity index is 679. The van der Waals surface area contributed by atoms with Gasteiger partial charge in [0.1, 0.15) is 16.7 Å². The second-order valence-electron chi connectivity index (χ2n) is 5.46. The molecule has 0 bridgehead atoms. The number of anilines is 1. The molecular formula is C16H16N2O2S. The Morgan fingerprint density at radius 2 is 1.95 bits per heavy atom. The van der Waals surface area contributed by atoms with Gasteiger partial charge in [0, 0.05) is 4.88 Å². The fourth-order valence-electron chi connectivity index (χ4n) is 1.71. The molecule has 0 radical (unpaired) electrons. The average molecular weight is 300 g/mol. The van der Waals surface area contributed by atoms with Gasteiger partial charge >= 0.3 is 6.09 Å². The molecule has 1 heterocycles. The first-order chi connectivity index (χ1) is 9.89. The Balaban J connectivity index is 2.23. The number of carbonyl (C=O) groups is 1. The van der Waals surface area contributed by atoms with Crippen LogP contribution in [0.5, 0.6) is 0 Å². The van der Waals surface area contributed by atoms with E-state index in [4.69, 9.17) is 4.74 Å². The number of nitriles is 1. The van der Waals surface area contributed by atoms with E-state index in [1.54, 1.807) is 26.8 Å². The molecule has 2 rings (SSSR count). The molecule has 1 amide bonds. The van der Waals surface area contributed by atoms with E-state index in [0.29, 0.717) is 10.6 Å². The fraction of sp³-hybridized carbons (Fsp3) is 0.250. The normalized spacial score (nSPS) is 10.8. The van der Waals surface area contributed by atoms with E-state index in [2.05, 4.69) is 11.4 Å². The van der Waals surface area contributed by atoms with E-state index in [1.807, 2.05) is 30.3 Å². The number of thiophene rings is 1. The van der Waals surface area contributed by atoms with Gasteiger partial charge in [0.25, 0.3) is 0 Å². The minimum absolute atomic E-state index is 0.435. The minimum atomic E-state index is -0.573. The maximum Gasteiger partial charge on any atom is 0.412 e. The lowest BCUT2D eigenvalue weighted by Crippen LogP contribution is -2.27. The predicted octanol–water partition coefficient (Wildman–Crippen LogP) is 4.63. The summed E-state index contributed by atoms with van der Waals surface area (Å²) >= 11 is 1.36. The highest BCUT2D eigenvalue weighted by atomic mass is 32.1. The number of hydrogen-bond acceptors (Lipinski definition) is 4. The van der Waals surface area contributed by atoms with Crippen molar-refractivity contribution in [3.05, 3.63) is 42.0 Å². The molecule has 0 atom stereocenters. The van der Waals surface area contributed by atoms with Crippen LogP contribution in [0.1, 0.15) is 26.3 Å². The summed E-state index contributed by atoms with van der Waals surface area (Å²) in [4.78, 5) is 12.7. The number of rotatable bonds is 2. The first-order valence-corrected chi connectivity index (χ1v) is 7.30. The van der Waals surface area contributed by atoms with Crippen LogP contribution in [0, 0.1) is 11.3 Å². The molecule has 4 nitrogen and oxygen atoms in total. The van der Waals surface area contributed by atoms with Crippen molar-refractivity contribution in [1.82, 2.24) is 0 Å². The van der Waals surface area contributed by atoms with Crippen LogP contribution in [0.2, 0.25) is 0 Å². The molecule has 0 unspecified atom stereocenters. The van der Waals surface area contributed by atoms with Crippen LogP contribution in [0.3, 0.4) is 0 Å². The van der Waals surface area contributed by atoms with Gasteiger partial charge in [0.05, 0.1) is 5.56 Å². The lowest BCUT2D eigenvalue weighted by atomic mass is 10.2. The van der Waals surface area contributed by atoms with Crippen LogP contribution in [0.25, 0.3) is 10.4 Å². The third-order valence-electron chi connectivity index (χ3n) is 2.53. The zero-order valence-corrected chi connectivity index (χ0v) is 13.0. The van der Waals surface area contributed by atoms with Gasteiger partial charge in [-0.05, 0) is 32.4 Å². The zero-order valence-electron chi connectivity index (χ0n) is 12.1. The number of nitrogens with zero attached hydrogens (tertiary/aromatic N) is 1. The van der Waals surface area contributed by atoms with Gasteiger partial charge in [-0.1, -0.05) is 30.3 Å². The topological polar surface area (TPSA) is 62.1 Å². The maximum absolute atomic E-state index is 11.8. The van der Waals surface area contributed by atoms with Crippen molar-refractivity contribution in [1.29, 1.82) is 5.26 Å².